The first-order chi connectivity index (χ1) is 37.7. The Labute approximate surface area is 473 Å². The van der Waals surface area contributed by atoms with Gasteiger partial charge >= 0.3 is 0 Å². The highest BCUT2D eigenvalue weighted by atomic mass is 32.2. The van der Waals surface area contributed by atoms with Crippen LogP contribution in [0.2, 0.25) is 0 Å². The third-order valence-corrected chi connectivity index (χ3v) is 14.8. The smallest absolute Gasteiger partial charge is 0.285 e. The number of benzene rings is 7. The van der Waals surface area contributed by atoms with Crippen molar-refractivity contribution in [1.29, 1.82) is 0 Å². The Morgan fingerprint density at radius 2 is 1.20 bits per heavy atom. The molecule has 79 heavy (non-hydrogen) atoms. The molecule has 1 amide bonds. The number of aliphatic imine (C=N–C) groups is 1. The lowest BCUT2D eigenvalue weighted by Crippen LogP contribution is -2.09. The Morgan fingerprint density at radius 1 is 0.658 bits per heavy atom. The molecule has 12 nitrogen and oxygen atoms in total. The molecular formula is C63H58N4O8S4. The molecule has 0 aliphatic rings. The minimum Gasteiger partial charge on any atom is -0.481 e. The highest BCUT2D eigenvalue weighted by Gasteiger charge is 2.18. The Balaban J connectivity index is 0.000000214. The molecule has 0 bridgehead atoms. The van der Waals surface area contributed by atoms with Crippen molar-refractivity contribution < 1.29 is 35.9 Å². The Bertz CT molecular complexity index is 3910. The lowest BCUT2D eigenvalue weighted by atomic mass is 9.97. The van der Waals surface area contributed by atoms with Gasteiger partial charge in [-0.2, -0.15) is 4.99 Å². The zero-order chi connectivity index (χ0) is 57.3. The number of rotatable bonds is 17. The number of fused-ring (bicyclic) bond motifs is 1. The van der Waals surface area contributed by atoms with Crippen molar-refractivity contribution in [3.05, 3.63) is 208 Å². The van der Waals surface area contributed by atoms with Crippen LogP contribution in [0.5, 0.6) is 11.5 Å². The Morgan fingerprint density at radius 3 is 1.76 bits per heavy atom. The average molecular weight is 1130 g/mol. The lowest BCUT2D eigenvalue weighted by molar-refractivity contribution is 0.100. The van der Waals surface area contributed by atoms with Gasteiger partial charge in [0.15, 0.2) is 25.5 Å². The number of anilines is 1. The van der Waals surface area contributed by atoms with E-state index in [-0.39, 0.29) is 34.7 Å². The van der Waals surface area contributed by atoms with Crippen molar-refractivity contribution in [2.45, 2.75) is 62.4 Å². The van der Waals surface area contributed by atoms with Gasteiger partial charge in [-0.05, 0) is 131 Å². The Kier molecular flexibility index (Phi) is 21.1. The molecule has 0 spiro atoms. The zero-order valence-electron chi connectivity index (χ0n) is 44.5. The molecule has 0 aliphatic heterocycles. The first-order valence-electron chi connectivity index (χ1n) is 24.8. The molecule has 16 heteroatoms. The predicted molar refractivity (Wildman–Crippen MR) is 320 cm³/mol. The summed E-state index contributed by atoms with van der Waals surface area (Å²) in [4.78, 5) is 32.9. The van der Waals surface area contributed by atoms with Gasteiger partial charge in [-0.15, -0.1) is 12.8 Å². The molecule has 8 rings (SSSR count). The van der Waals surface area contributed by atoms with Crippen LogP contribution in [-0.2, 0) is 32.8 Å². The molecule has 402 valence electrons. The molecule has 1 N–H and O–H groups in total. The van der Waals surface area contributed by atoms with Crippen LogP contribution in [0.15, 0.2) is 179 Å². The SMILES string of the molecule is C#CCOc1ccc(NCc2cccc(S(C)(=O)=O)c2)c(C(=O)c2ccc(C(C)C)cc2)c1.C#CCOc1ccc2c(c1)c(-c1ccc(C(C)C)cc1)nc(=S)n2Cc1cccc(S(C)(=O)=O)c1.O=C(N=C=S)c1ccccc1. The lowest BCUT2D eigenvalue weighted by Gasteiger charge is -2.16. The van der Waals surface area contributed by atoms with E-state index in [0.29, 0.717) is 63.6 Å². The van der Waals surface area contributed by atoms with E-state index < -0.39 is 19.7 Å². The molecule has 1 aromatic heterocycles. The van der Waals surface area contributed by atoms with Crippen LogP contribution in [-0.4, -0.2) is 69.0 Å². The van der Waals surface area contributed by atoms with Crippen LogP contribution in [0.25, 0.3) is 22.2 Å². The van der Waals surface area contributed by atoms with E-state index in [0.717, 1.165) is 38.9 Å². The number of hydrogen-bond donors (Lipinski definition) is 1. The van der Waals surface area contributed by atoms with Crippen LogP contribution in [0, 0.1) is 29.5 Å². The highest BCUT2D eigenvalue weighted by Crippen LogP contribution is 2.32. The highest BCUT2D eigenvalue weighted by molar-refractivity contribution is 7.91. The monoisotopic (exact) mass is 1130 g/mol. The van der Waals surface area contributed by atoms with Crippen molar-refractivity contribution in [3.8, 4) is 47.4 Å². The predicted octanol–water partition coefficient (Wildman–Crippen LogP) is 13.0. The summed E-state index contributed by atoms with van der Waals surface area (Å²) in [6.45, 7) is 9.50. The van der Waals surface area contributed by atoms with Crippen molar-refractivity contribution in [2.75, 3.05) is 31.0 Å². The fourth-order valence-electron chi connectivity index (χ4n) is 7.96. The molecule has 0 aliphatic carbocycles. The van der Waals surface area contributed by atoms with E-state index in [2.05, 4.69) is 86.3 Å². The normalized spacial score (nSPS) is 10.9. The summed E-state index contributed by atoms with van der Waals surface area (Å²) >= 11 is 10.0. The van der Waals surface area contributed by atoms with E-state index in [4.69, 9.17) is 39.5 Å². The first kappa shape index (κ1) is 59.9. The molecular weight excluding hydrogens is 1070 g/mol. The molecule has 7 aromatic carbocycles. The fraction of sp³-hybridized carbons (Fsp3) is 0.190. The van der Waals surface area contributed by atoms with Gasteiger partial charge in [0.25, 0.3) is 5.91 Å². The van der Waals surface area contributed by atoms with E-state index in [1.807, 2.05) is 70.4 Å². The van der Waals surface area contributed by atoms with E-state index in [9.17, 15) is 26.4 Å². The topological polar surface area (TPSA) is 163 Å². The van der Waals surface area contributed by atoms with E-state index >= 15 is 0 Å². The van der Waals surface area contributed by atoms with E-state index in [1.165, 1.54) is 18.1 Å². The van der Waals surface area contributed by atoms with Crippen molar-refractivity contribution in [2.24, 2.45) is 4.99 Å². The maximum atomic E-state index is 13.4. The van der Waals surface area contributed by atoms with Crippen LogP contribution in [0.1, 0.15) is 88.1 Å². The second-order valence-corrected chi connectivity index (χ2v) is 23.2. The summed E-state index contributed by atoms with van der Waals surface area (Å²) in [5.74, 6) is 6.35. The van der Waals surface area contributed by atoms with Gasteiger partial charge in [-0.25, -0.2) is 21.8 Å². The third kappa shape index (κ3) is 16.8. The summed E-state index contributed by atoms with van der Waals surface area (Å²) in [5, 5.41) is 6.15. The number of thiocarbonyl (C=S) groups is 1. The number of carbonyl (C=O) groups excluding carboxylic acids is 2. The third-order valence-electron chi connectivity index (χ3n) is 12.2. The van der Waals surface area contributed by atoms with Crippen LogP contribution in [0.4, 0.5) is 5.69 Å². The Hall–Kier alpha value is -8.34. The second-order valence-electron chi connectivity index (χ2n) is 18.7. The molecule has 0 atom stereocenters. The molecule has 0 saturated carbocycles. The van der Waals surface area contributed by atoms with Crippen molar-refractivity contribution >= 4 is 77.6 Å². The maximum absolute atomic E-state index is 13.4. The van der Waals surface area contributed by atoms with Gasteiger partial charge < -0.3 is 19.4 Å². The summed E-state index contributed by atoms with van der Waals surface area (Å²) in [7, 11) is -6.63. The summed E-state index contributed by atoms with van der Waals surface area (Å²) < 4.78 is 61.3. The number of terminal acetylenes is 2. The molecule has 0 fully saturated rings. The standard InChI is InChI=1S/C28H26N2O3S2.C27H27NO4S.C8H5NOS/c1-5-15-33-23-13-14-26-25(17-23)27(22-11-9-21(10-12-22)19(2)3)29-28(34)30(26)18-20-7-6-8-24(16-20)35(4,31)32;1-5-15-32-23-13-14-26(28-18-20-7-6-8-24(16-20)33(4,30)31)25(17-23)27(29)22-11-9-21(10-12-22)19(2)3;10-8(9-6-11)7-4-2-1-3-5-7/h1,6-14,16-17,19H,15,18H2,2-4H3;1,6-14,16-17,19,28H,15,18H2,2-4H3;1-5H. The number of aromatic nitrogens is 2. The number of ether oxygens (including phenoxy) is 2. The summed E-state index contributed by atoms with van der Waals surface area (Å²) in [6, 6.07) is 49.1. The number of carbonyl (C=O) groups is 2. The number of nitrogens with one attached hydrogen (secondary N) is 1. The van der Waals surface area contributed by atoms with Gasteiger partial charge in [0, 0.05) is 52.4 Å². The van der Waals surface area contributed by atoms with Gasteiger partial charge in [-0.1, -0.05) is 131 Å². The number of nitrogens with zero attached hydrogens (tertiary/aromatic N) is 3. The minimum atomic E-state index is -3.32. The van der Waals surface area contributed by atoms with E-state index in [1.54, 1.807) is 78.9 Å². The zero-order valence-corrected chi connectivity index (χ0v) is 47.7. The van der Waals surface area contributed by atoms with Crippen LogP contribution in [0.3, 0.4) is 0 Å². The second kappa shape index (κ2) is 27.8. The van der Waals surface area contributed by atoms with Gasteiger partial charge in [-0.3, -0.25) is 9.59 Å². The molecule has 0 saturated heterocycles. The molecule has 0 radical (unpaired) electrons. The maximum Gasteiger partial charge on any atom is 0.285 e. The first-order valence-corrected chi connectivity index (χ1v) is 29.4. The number of sulfone groups is 2. The average Bonchev–Trinajstić information content (AvgIpc) is 3.44. The van der Waals surface area contributed by atoms with Crippen molar-refractivity contribution in [3.63, 3.8) is 0 Å². The fourth-order valence-corrected chi connectivity index (χ4v) is 9.67. The van der Waals surface area contributed by atoms with Crippen LogP contribution < -0.4 is 14.8 Å². The van der Waals surface area contributed by atoms with Gasteiger partial charge in [0.1, 0.15) is 24.7 Å². The minimum absolute atomic E-state index is 0.0990. The molecule has 0 unspecified atom stereocenters. The number of hydrogen-bond acceptors (Lipinski definition) is 12. The number of ketones is 1. The number of amides is 1. The summed E-state index contributed by atoms with van der Waals surface area (Å²) in [6.07, 6.45) is 13.0. The quantitative estimate of drug-likeness (QED) is 0.0398. The summed E-state index contributed by atoms with van der Waals surface area (Å²) in [5.41, 5.74) is 8.73. The largest absolute Gasteiger partial charge is 0.481 e. The van der Waals surface area contributed by atoms with Crippen molar-refractivity contribution in [1.82, 2.24) is 9.55 Å². The molecule has 8 aromatic rings. The van der Waals surface area contributed by atoms with Crippen LogP contribution >= 0.6 is 24.4 Å². The number of isothiocyanates is 1. The molecule has 1 heterocycles. The van der Waals surface area contributed by atoms with Gasteiger partial charge in [0.05, 0.1) is 32.7 Å². The van der Waals surface area contributed by atoms with Gasteiger partial charge in [0.2, 0.25) is 4.77 Å².